The van der Waals surface area contributed by atoms with E-state index in [4.69, 9.17) is 14.2 Å². The van der Waals surface area contributed by atoms with Crippen molar-refractivity contribution in [2.45, 2.75) is 31.1 Å². The predicted octanol–water partition coefficient (Wildman–Crippen LogP) is 1.27. The van der Waals surface area contributed by atoms with Crippen molar-refractivity contribution in [2.75, 3.05) is 33.0 Å². The van der Waals surface area contributed by atoms with Gasteiger partial charge < -0.3 is 24.6 Å². The average molecular weight is 293 g/mol. The molecule has 2 aliphatic rings. The molecule has 0 bridgehead atoms. The van der Waals surface area contributed by atoms with Crippen molar-refractivity contribution in [2.24, 2.45) is 0 Å². The van der Waals surface area contributed by atoms with Gasteiger partial charge in [0.2, 0.25) is 0 Å². The number of nitrogens with one attached hydrogen (secondary N) is 1. The summed E-state index contributed by atoms with van der Waals surface area (Å²) in [5.74, 6) is 0.930. The molecule has 2 N–H and O–H groups in total. The maximum absolute atomic E-state index is 9.96. The maximum atomic E-state index is 9.96. The van der Waals surface area contributed by atoms with Gasteiger partial charge in [0.1, 0.15) is 12.4 Å². The van der Waals surface area contributed by atoms with Crippen LogP contribution < -0.4 is 10.1 Å². The molecule has 0 aliphatic carbocycles. The summed E-state index contributed by atoms with van der Waals surface area (Å²) in [7, 11) is 0. The van der Waals surface area contributed by atoms with Gasteiger partial charge in [-0.25, -0.2) is 0 Å². The molecule has 5 heteroatoms. The van der Waals surface area contributed by atoms with Crippen LogP contribution in [0.15, 0.2) is 24.3 Å². The quantitative estimate of drug-likeness (QED) is 0.793. The fraction of sp³-hybridized carbons (Fsp3) is 0.625. The molecule has 1 saturated heterocycles. The van der Waals surface area contributed by atoms with Gasteiger partial charge >= 0.3 is 0 Å². The Balaban J connectivity index is 1.35. The van der Waals surface area contributed by atoms with Crippen molar-refractivity contribution in [3.05, 3.63) is 29.8 Å². The Morgan fingerprint density at radius 3 is 3.14 bits per heavy atom. The second-order valence-corrected chi connectivity index (χ2v) is 5.64. The third kappa shape index (κ3) is 3.95. The Morgan fingerprint density at radius 2 is 2.29 bits per heavy atom. The lowest BCUT2D eigenvalue weighted by Crippen LogP contribution is -2.34. The highest BCUT2D eigenvalue weighted by molar-refractivity contribution is 5.39. The first-order valence-electron chi connectivity index (χ1n) is 7.65. The summed E-state index contributed by atoms with van der Waals surface area (Å²) < 4.78 is 16.6. The summed E-state index contributed by atoms with van der Waals surface area (Å²) >= 11 is 0. The van der Waals surface area contributed by atoms with Crippen molar-refractivity contribution in [1.82, 2.24) is 5.32 Å². The van der Waals surface area contributed by atoms with Crippen LogP contribution in [0.3, 0.4) is 0 Å². The van der Waals surface area contributed by atoms with Crippen LogP contribution in [0.1, 0.15) is 24.4 Å². The summed E-state index contributed by atoms with van der Waals surface area (Å²) in [6, 6.07) is 8.14. The normalized spacial score (nSPS) is 25.6. The van der Waals surface area contributed by atoms with Crippen LogP contribution in [0.4, 0.5) is 0 Å². The lowest BCUT2D eigenvalue weighted by atomic mass is 10.1. The molecule has 0 spiro atoms. The van der Waals surface area contributed by atoms with Crippen LogP contribution in [0.2, 0.25) is 0 Å². The number of hydrogen-bond acceptors (Lipinski definition) is 5. The van der Waals surface area contributed by atoms with Gasteiger partial charge in [-0.3, -0.25) is 0 Å². The molecule has 1 aromatic rings. The molecule has 0 amide bonds. The first-order chi connectivity index (χ1) is 10.3. The third-order valence-corrected chi connectivity index (χ3v) is 3.94. The molecule has 3 atom stereocenters. The van der Waals surface area contributed by atoms with Crippen LogP contribution in [0.25, 0.3) is 0 Å². The third-order valence-electron chi connectivity index (χ3n) is 3.94. The van der Waals surface area contributed by atoms with Gasteiger partial charge in [-0.05, 0) is 18.9 Å². The number of aliphatic hydroxyl groups excluding tert-OH is 1. The average Bonchev–Trinajstić information content (AvgIpc) is 3.14. The summed E-state index contributed by atoms with van der Waals surface area (Å²) in [5.41, 5.74) is 1.16. The van der Waals surface area contributed by atoms with E-state index in [1.165, 1.54) is 0 Å². The standard InChI is InChI=1S/C16H23NO4/c18-12(9-19-10-13-4-3-7-20-13)8-17-15-11-21-16-6-2-1-5-14(15)16/h1-2,5-6,12-13,15,17-18H,3-4,7-11H2. The van der Waals surface area contributed by atoms with Crippen molar-refractivity contribution in [3.8, 4) is 5.75 Å². The minimum atomic E-state index is -0.515. The number of hydrogen-bond donors (Lipinski definition) is 2. The van der Waals surface area contributed by atoms with Crippen LogP contribution in [-0.4, -0.2) is 50.3 Å². The topological polar surface area (TPSA) is 60.0 Å². The van der Waals surface area contributed by atoms with Crippen LogP contribution >= 0.6 is 0 Å². The van der Waals surface area contributed by atoms with E-state index in [0.29, 0.717) is 26.4 Å². The maximum Gasteiger partial charge on any atom is 0.124 e. The molecule has 5 nitrogen and oxygen atoms in total. The minimum Gasteiger partial charge on any atom is -0.491 e. The Bertz CT molecular complexity index is 448. The highest BCUT2D eigenvalue weighted by Gasteiger charge is 2.23. The molecule has 116 valence electrons. The lowest BCUT2D eigenvalue weighted by Gasteiger charge is -2.17. The molecule has 2 heterocycles. The van der Waals surface area contributed by atoms with E-state index in [-0.39, 0.29) is 12.1 Å². The number of aliphatic hydroxyl groups is 1. The predicted molar refractivity (Wildman–Crippen MR) is 78.5 cm³/mol. The monoisotopic (exact) mass is 293 g/mol. The molecule has 3 unspecified atom stereocenters. The zero-order valence-corrected chi connectivity index (χ0v) is 12.2. The Kier molecular flexibility index (Phi) is 5.08. The zero-order chi connectivity index (χ0) is 14.5. The molecule has 1 fully saturated rings. The SMILES string of the molecule is OC(CNC1COc2ccccc21)COCC1CCCO1. The van der Waals surface area contributed by atoms with E-state index in [1.807, 2.05) is 18.2 Å². The van der Waals surface area contributed by atoms with Crippen LogP contribution in [0.5, 0.6) is 5.75 Å². The highest BCUT2D eigenvalue weighted by Crippen LogP contribution is 2.31. The molecule has 1 aromatic carbocycles. The molecule has 21 heavy (non-hydrogen) atoms. The smallest absolute Gasteiger partial charge is 0.124 e. The van der Waals surface area contributed by atoms with Gasteiger partial charge in [-0.2, -0.15) is 0 Å². The van der Waals surface area contributed by atoms with Crippen molar-refractivity contribution < 1.29 is 19.3 Å². The summed E-state index contributed by atoms with van der Waals surface area (Å²) in [6.45, 7) is 2.85. The summed E-state index contributed by atoms with van der Waals surface area (Å²) in [4.78, 5) is 0. The molecular formula is C16H23NO4. The molecule has 0 saturated carbocycles. The Morgan fingerprint density at radius 1 is 1.38 bits per heavy atom. The van der Waals surface area contributed by atoms with Gasteiger partial charge in [0.25, 0.3) is 0 Å². The number of para-hydroxylation sites is 1. The molecule has 2 aliphatic heterocycles. The van der Waals surface area contributed by atoms with Crippen LogP contribution in [0, 0.1) is 0 Å². The van der Waals surface area contributed by atoms with Gasteiger partial charge in [-0.1, -0.05) is 18.2 Å². The van der Waals surface area contributed by atoms with Crippen LogP contribution in [-0.2, 0) is 9.47 Å². The molecular weight excluding hydrogens is 270 g/mol. The van der Waals surface area contributed by atoms with Gasteiger partial charge in [-0.15, -0.1) is 0 Å². The highest BCUT2D eigenvalue weighted by atomic mass is 16.5. The summed E-state index contributed by atoms with van der Waals surface area (Å²) in [6.07, 6.45) is 1.86. The van der Waals surface area contributed by atoms with Crippen molar-refractivity contribution in [1.29, 1.82) is 0 Å². The second kappa shape index (κ2) is 7.22. The number of ether oxygens (including phenoxy) is 3. The van der Waals surface area contributed by atoms with E-state index in [1.54, 1.807) is 0 Å². The lowest BCUT2D eigenvalue weighted by molar-refractivity contribution is -0.0170. The fourth-order valence-corrected chi connectivity index (χ4v) is 2.78. The van der Waals surface area contributed by atoms with E-state index >= 15 is 0 Å². The number of benzene rings is 1. The number of fused-ring (bicyclic) bond motifs is 1. The Hall–Kier alpha value is -1.14. The Labute approximate surface area is 125 Å². The second-order valence-electron chi connectivity index (χ2n) is 5.64. The van der Waals surface area contributed by atoms with E-state index in [9.17, 15) is 5.11 Å². The first-order valence-corrected chi connectivity index (χ1v) is 7.65. The van der Waals surface area contributed by atoms with Gasteiger partial charge in [0.15, 0.2) is 0 Å². The summed E-state index contributed by atoms with van der Waals surface area (Å²) in [5, 5.41) is 13.3. The minimum absolute atomic E-state index is 0.147. The van der Waals surface area contributed by atoms with E-state index in [2.05, 4.69) is 11.4 Å². The fourth-order valence-electron chi connectivity index (χ4n) is 2.78. The molecule has 3 rings (SSSR count). The van der Waals surface area contributed by atoms with Crippen molar-refractivity contribution in [3.63, 3.8) is 0 Å². The first kappa shape index (κ1) is 14.8. The van der Waals surface area contributed by atoms with Gasteiger partial charge in [0.05, 0.1) is 31.5 Å². The van der Waals surface area contributed by atoms with Crippen molar-refractivity contribution >= 4 is 0 Å². The van der Waals surface area contributed by atoms with E-state index in [0.717, 1.165) is 30.8 Å². The molecule has 0 aromatic heterocycles. The van der Waals surface area contributed by atoms with E-state index < -0.39 is 6.10 Å². The largest absolute Gasteiger partial charge is 0.491 e. The molecule has 0 radical (unpaired) electrons. The zero-order valence-electron chi connectivity index (χ0n) is 12.2. The number of rotatable bonds is 7. The van der Waals surface area contributed by atoms with Gasteiger partial charge in [0, 0.05) is 18.7 Å².